The molecule has 7 rings (SSSR count). The van der Waals surface area contributed by atoms with Gasteiger partial charge in [0.15, 0.2) is 6.20 Å². The largest absolute Gasteiger partial charge is 0.401 e. The van der Waals surface area contributed by atoms with E-state index in [2.05, 4.69) is 77.1 Å². The molecule has 4 amide bonds. The predicted octanol–water partition coefficient (Wildman–Crippen LogP) is 7.03. The van der Waals surface area contributed by atoms with Crippen LogP contribution >= 0.6 is 0 Å². The van der Waals surface area contributed by atoms with Gasteiger partial charge in [0.25, 0.3) is 11.8 Å². The number of carbonyl (C=O) groups is 4. The zero-order valence-corrected chi connectivity index (χ0v) is 42.1. The summed E-state index contributed by atoms with van der Waals surface area (Å²) in [5, 5.41) is 26.9. The number of nitrogens with one attached hydrogen (secondary N) is 4. The van der Waals surface area contributed by atoms with Crippen molar-refractivity contribution in [3.05, 3.63) is 186 Å². The highest BCUT2D eigenvalue weighted by Crippen LogP contribution is 2.34. The summed E-state index contributed by atoms with van der Waals surface area (Å²) in [6.07, 6.45) is 11.0. The Bertz CT molecular complexity index is 2910. The summed E-state index contributed by atoms with van der Waals surface area (Å²) in [5.74, 6) is -2.19. The molecule has 7 aromatic rings. The number of hydrogen-bond acceptors (Lipinski definition) is 9. The van der Waals surface area contributed by atoms with E-state index in [4.69, 9.17) is 0 Å². The Balaban J connectivity index is 1.31. The zero-order valence-electron chi connectivity index (χ0n) is 42.1. The highest BCUT2D eigenvalue weighted by Gasteiger charge is 2.39. The molecule has 2 unspecified atom stereocenters. The Morgan fingerprint density at radius 2 is 1.24 bits per heavy atom. The van der Waals surface area contributed by atoms with Gasteiger partial charge in [-0.3, -0.25) is 34.0 Å². The van der Waals surface area contributed by atoms with Gasteiger partial charge in [-0.25, -0.2) is 14.5 Å². The number of H-pyrrole nitrogens is 2. The van der Waals surface area contributed by atoms with Crippen LogP contribution in [0.4, 0.5) is 11.4 Å². The molecular formula is C56H65N10O6+. The first-order valence-corrected chi connectivity index (χ1v) is 24.1. The average molecular weight is 974 g/mol. The smallest absolute Gasteiger partial charge is 0.394 e. The molecule has 0 saturated carbocycles. The topological polar surface area (TPSA) is 213 Å². The van der Waals surface area contributed by atoms with E-state index in [-0.39, 0.29) is 47.3 Å². The fourth-order valence-corrected chi connectivity index (χ4v) is 8.38. The number of rotatable bonds is 18. The van der Waals surface area contributed by atoms with Gasteiger partial charge in [0.2, 0.25) is 17.5 Å². The number of carbonyl (C=O) groups excluding carboxylic acids is 4. The van der Waals surface area contributed by atoms with E-state index in [9.17, 15) is 24.6 Å². The van der Waals surface area contributed by atoms with E-state index < -0.39 is 47.8 Å². The maximum Gasteiger partial charge on any atom is 0.401 e. The SMILES string of the molecule is CC(C)[C@H](CO)NC(=O)C(c1ccc[n+](-c2ncc(C(=O)N(c3ccc(C(C)(C)C)cc3)C(C(=O)N[C@@H](CO)Cc3ccccc3)c3cccnc3)[nH]2)c1)N(C(=O)c1cnc[nH]1)c1ccc(C(C)(C)C)cc1. The van der Waals surface area contributed by atoms with Gasteiger partial charge in [0.1, 0.15) is 17.8 Å². The molecule has 4 aromatic heterocycles. The first-order chi connectivity index (χ1) is 34.4. The van der Waals surface area contributed by atoms with Crippen LogP contribution in [0.25, 0.3) is 5.95 Å². The number of aromatic amines is 2. The molecule has 0 fully saturated rings. The van der Waals surface area contributed by atoms with Gasteiger partial charge in [-0.1, -0.05) is 127 Å². The molecule has 374 valence electrons. The fraction of sp³-hybridized carbons (Fsp3) is 0.321. The van der Waals surface area contributed by atoms with Crippen molar-refractivity contribution in [3.8, 4) is 5.95 Å². The summed E-state index contributed by atoms with van der Waals surface area (Å²) in [6.45, 7) is 15.6. The summed E-state index contributed by atoms with van der Waals surface area (Å²) in [5.41, 5.74) is 4.36. The number of pyridine rings is 2. The number of nitrogens with zero attached hydrogens (tertiary/aromatic N) is 6. The molecule has 0 radical (unpaired) electrons. The monoisotopic (exact) mass is 974 g/mol. The molecule has 4 heterocycles. The Kier molecular flexibility index (Phi) is 16.3. The van der Waals surface area contributed by atoms with Crippen molar-refractivity contribution in [1.82, 2.24) is 35.6 Å². The Labute approximate surface area is 420 Å². The zero-order chi connectivity index (χ0) is 51.7. The average Bonchev–Trinajstić information content (AvgIpc) is 4.11. The van der Waals surface area contributed by atoms with E-state index in [1.807, 2.05) is 68.4 Å². The normalized spacial score (nSPS) is 13.4. The number of amides is 4. The quantitative estimate of drug-likeness (QED) is 0.0487. The number of aromatic nitrogens is 6. The second-order valence-electron chi connectivity index (χ2n) is 20.3. The van der Waals surface area contributed by atoms with Crippen LogP contribution in [0.15, 0.2) is 147 Å². The lowest BCUT2D eigenvalue weighted by atomic mass is 9.87. The second-order valence-corrected chi connectivity index (χ2v) is 20.3. The summed E-state index contributed by atoms with van der Waals surface area (Å²) in [6, 6.07) is 27.4. The number of aliphatic hydroxyl groups excluding tert-OH is 2. The number of anilines is 2. The molecule has 16 heteroatoms. The van der Waals surface area contributed by atoms with Crippen molar-refractivity contribution in [2.75, 3.05) is 23.0 Å². The van der Waals surface area contributed by atoms with Crippen LogP contribution in [-0.4, -0.2) is 84.1 Å². The molecule has 16 nitrogen and oxygen atoms in total. The Morgan fingerprint density at radius 3 is 1.76 bits per heavy atom. The first-order valence-electron chi connectivity index (χ1n) is 24.1. The lowest BCUT2D eigenvalue weighted by Gasteiger charge is -2.33. The highest BCUT2D eigenvalue weighted by atomic mass is 16.3. The molecule has 4 atom stereocenters. The van der Waals surface area contributed by atoms with Crippen LogP contribution in [0.2, 0.25) is 0 Å². The van der Waals surface area contributed by atoms with E-state index in [0.717, 1.165) is 16.7 Å². The molecular weight excluding hydrogens is 909 g/mol. The molecule has 0 bridgehead atoms. The van der Waals surface area contributed by atoms with Crippen molar-refractivity contribution >= 4 is 35.0 Å². The molecule has 0 aliphatic rings. The minimum absolute atomic E-state index is 0.0273. The van der Waals surface area contributed by atoms with Crippen LogP contribution in [0, 0.1) is 5.92 Å². The number of hydrogen-bond donors (Lipinski definition) is 6. The Hall–Kier alpha value is -7.82. The van der Waals surface area contributed by atoms with E-state index in [1.54, 1.807) is 71.7 Å². The van der Waals surface area contributed by atoms with Gasteiger partial charge >= 0.3 is 5.95 Å². The minimum Gasteiger partial charge on any atom is -0.394 e. The van der Waals surface area contributed by atoms with Gasteiger partial charge in [-0.2, -0.15) is 0 Å². The van der Waals surface area contributed by atoms with Gasteiger partial charge in [0, 0.05) is 34.9 Å². The number of aliphatic hydroxyl groups is 2. The maximum absolute atomic E-state index is 15.3. The van der Waals surface area contributed by atoms with Crippen LogP contribution in [0.3, 0.4) is 0 Å². The fourth-order valence-electron chi connectivity index (χ4n) is 8.38. The standard InChI is InChI=1S/C56H64N10O6/c1-36(2)47(34-68)62-51(70)49(66(52(71)45-30-58-35-60-45)44-24-20-41(21-25-44)56(6,7)8)39-17-13-27-64(32-39)54-59-31-46(63-54)53(72)65(43-22-18-40(19-23-43)55(3,4)5)48(38-16-12-26-57-29-38)50(69)61-42(33-67)28-37-14-10-9-11-15-37/h9-27,29-32,35-36,42,47-49,67-68H,28,33-34H2,1-8H3,(H3-,58,59,60,61,62,63,69,70,71,72)/p+1/t42-,47+,48?,49?/m1/s1. The van der Waals surface area contributed by atoms with Crippen molar-refractivity contribution in [1.29, 1.82) is 0 Å². The molecule has 0 saturated heterocycles. The van der Waals surface area contributed by atoms with E-state index >= 15 is 4.79 Å². The molecule has 72 heavy (non-hydrogen) atoms. The van der Waals surface area contributed by atoms with E-state index in [0.29, 0.717) is 28.9 Å². The van der Waals surface area contributed by atoms with Crippen LogP contribution in [-0.2, 0) is 26.8 Å². The predicted molar refractivity (Wildman–Crippen MR) is 275 cm³/mol. The molecule has 0 spiro atoms. The number of imidazole rings is 2. The molecule has 0 aliphatic heterocycles. The maximum atomic E-state index is 15.3. The third-order valence-electron chi connectivity index (χ3n) is 12.6. The Morgan fingerprint density at radius 1 is 0.653 bits per heavy atom. The van der Waals surface area contributed by atoms with Crippen molar-refractivity contribution in [2.45, 2.75) is 96.8 Å². The van der Waals surface area contributed by atoms with Gasteiger partial charge < -0.3 is 25.8 Å². The molecule has 6 N–H and O–H groups in total. The van der Waals surface area contributed by atoms with Gasteiger partial charge in [-0.05, 0) is 76.3 Å². The second kappa shape index (κ2) is 22.5. The summed E-state index contributed by atoms with van der Waals surface area (Å²) in [7, 11) is 0. The summed E-state index contributed by atoms with van der Waals surface area (Å²) in [4.78, 5) is 81.4. The van der Waals surface area contributed by atoms with E-state index in [1.165, 1.54) is 34.7 Å². The molecule has 3 aromatic carbocycles. The van der Waals surface area contributed by atoms with Crippen molar-refractivity contribution < 1.29 is 34.0 Å². The third-order valence-corrected chi connectivity index (χ3v) is 12.6. The summed E-state index contributed by atoms with van der Waals surface area (Å²) >= 11 is 0. The van der Waals surface area contributed by atoms with Gasteiger partial charge in [0.05, 0.1) is 50.2 Å². The van der Waals surface area contributed by atoms with Crippen LogP contribution in [0.1, 0.15) is 116 Å². The van der Waals surface area contributed by atoms with Crippen molar-refractivity contribution in [3.63, 3.8) is 0 Å². The molecule has 0 aliphatic carbocycles. The number of benzene rings is 3. The van der Waals surface area contributed by atoms with Crippen LogP contribution < -0.4 is 25.0 Å². The highest BCUT2D eigenvalue weighted by molar-refractivity contribution is 6.10. The minimum atomic E-state index is -1.30. The lowest BCUT2D eigenvalue weighted by molar-refractivity contribution is -0.603. The van der Waals surface area contributed by atoms with Crippen molar-refractivity contribution in [2.24, 2.45) is 5.92 Å². The summed E-state index contributed by atoms with van der Waals surface area (Å²) < 4.78 is 1.60. The van der Waals surface area contributed by atoms with Crippen LogP contribution in [0.5, 0.6) is 0 Å². The third kappa shape index (κ3) is 12.2. The van der Waals surface area contributed by atoms with Gasteiger partial charge in [-0.15, -0.1) is 0 Å². The first kappa shape index (κ1) is 52.0. The lowest BCUT2D eigenvalue weighted by Crippen LogP contribution is -2.50.